The number of nitrogens with one attached hydrogen (secondary N) is 1. The van der Waals surface area contributed by atoms with Crippen LogP contribution in [0, 0.1) is 5.41 Å². The summed E-state index contributed by atoms with van der Waals surface area (Å²) in [7, 11) is 0. The zero-order chi connectivity index (χ0) is 13.0. The third kappa shape index (κ3) is 3.95. The van der Waals surface area contributed by atoms with Gasteiger partial charge in [0.05, 0.1) is 19.8 Å². The van der Waals surface area contributed by atoms with Gasteiger partial charge in [-0.15, -0.1) is 0 Å². The van der Waals surface area contributed by atoms with Crippen LogP contribution in [0.4, 0.5) is 0 Å². The molecule has 2 rings (SSSR count). The lowest BCUT2D eigenvalue weighted by Crippen LogP contribution is -2.47. The Labute approximate surface area is 110 Å². The van der Waals surface area contributed by atoms with Crippen LogP contribution in [0.15, 0.2) is 0 Å². The Morgan fingerprint density at radius 1 is 1.39 bits per heavy atom. The highest BCUT2D eigenvalue weighted by atomic mass is 16.5. The Balaban J connectivity index is 1.72. The van der Waals surface area contributed by atoms with E-state index in [1.165, 1.54) is 25.7 Å². The molecule has 1 aliphatic carbocycles. The van der Waals surface area contributed by atoms with Crippen LogP contribution >= 0.6 is 0 Å². The van der Waals surface area contributed by atoms with Gasteiger partial charge in [-0.3, -0.25) is 4.79 Å². The summed E-state index contributed by atoms with van der Waals surface area (Å²) in [6.07, 6.45) is 4.97. The molecule has 1 N–H and O–H groups in total. The summed E-state index contributed by atoms with van der Waals surface area (Å²) in [6, 6.07) is 0.513. The smallest absolute Gasteiger partial charge is 0.236 e. The number of hydrogen-bond acceptors (Lipinski definition) is 3. The Morgan fingerprint density at radius 3 is 2.78 bits per heavy atom. The van der Waals surface area contributed by atoms with Gasteiger partial charge in [0.15, 0.2) is 0 Å². The van der Waals surface area contributed by atoms with E-state index in [4.69, 9.17) is 4.74 Å². The van der Waals surface area contributed by atoms with Crippen LogP contribution < -0.4 is 5.32 Å². The summed E-state index contributed by atoms with van der Waals surface area (Å²) in [4.78, 5) is 13.9. The van der Waals surface area contributed by atoms with Gasteiger partial charge in [-0.1, -0.05) is 20.3 Å². The Bertz CT molecular complexity index is 286. The first kappa shape index (κ1) is 13.8. The molecule has 1 aliphatic heterocycles. The van der Waals surface area contributed by atoms with Gasteiger partial charge in [0, 0.05) is 19.1 Å². The molecule has 4 nitrogen and oxygen atoms in total. The van der Waals surface area contributed by atoms with Crippen molar-refractivity contribution in [3.05, 3.63) is 0 Å². The zero-order valence-electron chi connectivity index (χ0n) is 11.7. The van der Waals surface area contributed by atoms with Gasteiger partial charge in [-0.05, 0) is 24.7 Å². The van der Waals surface area contributed by atoms with Gasteiger partial charge in [-0.2, -0.15) is 0 Å². The zero-order valence-corrected chi connectivity index (χ0v) is 11.7. The van der Waals surface area contributed by atoms with E-state index in [0.717, 1.165) is 13.1 Å². The third-order valence-electron chi connectivity index (χ3n) is 4.11. The highest BCUT2D eigenvalue weighted by Crippen LogP contribution is 2.34. The van der Waals surface area contributed by atoms with Crippen molar-refractivity contribution >= 4 is 5.91 Å². The first-order chi connectivity index (χ1) is 8.57. The minimum atomic E-state index is 0.224. The van der Waals surface area contributed by atoms with Crippen LogP contribution in [-0.4, -0.2) is 49.7 Å². The highest BCUT2D eigenvalue weighted by Gasteiger charge is 2.28. The molecule has 0 bridgehead atoms. The lowest BCUT2D eigenvalue weighted by Gasteiger charge is -2.36. The molecule has 0 spiro atoms. The lowest BCUT2D eigenvalue weighted by atomic mass is 9.75. The first-order valence-corrected chi connectivity index (χ1v) is 7.16. The van der Waals surface area contributed by atoms with E-state index >= 15 is 0 Å². The van der Waals surface area contributed by atoms with E-state index in [0.29, 0.717) is 31.2 Å². The molecule has 0 aromatic carbocycles. The number of nitrogens with zero attached hydrogens (tertiary/aromatic N) is 1. The number of morpholine rings is 1. The predicted molar refractivity (Wildman–Crippen MR) is 71.4 cm³/mol. The van der Waals surface area contributed by atoms with Gasteiger partial charge in [0.25, 0.3) is 0 Å². The number of hydrogen-bond donors (Lipinski definition) is 1. The van der Waals surface area contributed by atoms with Crippen LogP contribution in [0.25, 0.3) is 0 Å². The molecule has 0 aromatic heterocycles. The second kappa shape index (κ2) is 6.02. The molecule has 1 atom stereocenters. The average molecular weight is 254 g/mol. The SMILES string of the molecule is CC1(C)CCCC(NCC(=O)N2CCOCC2)C1. The van der Waals surface area contributed by atoms with E-state index in [1.807, 2.05) is 4.90 Å². The second-order valence-corrected chi connectivity index (χ2v) is 6.33. The molecule has 0 aromatic rings. The fraction of sp³-hybridized carbons (Fsp3) is 0.929. The number of amides is 1. The molecule has 2 aliphatic rings. The van der Waals surface area contributed by atoms with Gasteiger partial charge < -0.3 is 15.0 Å². The molecule has 4 heteroatoms. The quantitative estimate of drug-likeness (QED) is 0.828. The summed E-state index contributed by atoms with van der Waals surface area (Å²) in [6.45, 7) is 7.99. The minimum Gasteiger partial charge on any atom is -0.378 e. The maximum absolute atomic E-state index is 12.0. The van der Waals surface area contributed by atoms with E-state index in [9.17, 15) is 4.79 Å². The van der Waals surface area contributed by atoms with Gasteiger partial charge in [0.2, 0.25) is 5.91 Å². The first-order valence-electron chi connectivity index (χ1n) is 7.16. The maximum Gasteiger partial charge on any atom is 0.236 e. The van der Waals surface area contributed by atoms with Crippen molar-refractivity contribution in [1.82, 2.24) is 10.2 Å². The Morgan fingerprint density at radius 2 is 2.11 bits per heavy atom. The molecule has 2 fully saturated rings. The van der Waals surface area contributed by atoms with E-state index in [-0.39, 0.29) is 5.91 Å². The van der Waals surface area contributed by atoms with E-state index in [2.05, 4.69) is 19.2 Å². The lowest BCUT2D eigenvalue weighted by molar-refractivity contribution is -0.134. The Hall–Kier alpha value is -0.610. The van der Waals surface area contributed by atoms with Gasteiger partial charge in [0.1, 0.15) is 0 Å². The maximum atomic E-state index is 12.0. The van der Waals surface area contributed by atoms with Crippen LogP contribution in [0.2, 0.25) is 0 Å². The summed E-state index contributed by atoms with van der Waals surface area (Å²) >= 11 is 0. The molecule has 18 heavy (non-hydrogen) atoms. The average Bonchev–Trinajstić information content (AvgIpc) is 2.36. The van der Waals surface area contributed by atoms with Crippen LogP contribution in [0.5, 0.6) is 0 Å². The van der Waals surface area contributed by atoms with E-state index in [1.54, 1.807) is 0 Å². The predicted octanol–water partition coefficient (Wildman–Crippen LogP) is 1.40. The highest BCUT2D eigenvalue weighted by molar-refractivity contribution is 5.78. The van der Waals surface area contributed by atoms with Crippen molar-refractivity contribution in [1.29, 1.82) is 0 Å². The molecular weight excluding hydrogens is 228 g/mol. The standard InChI is InChI=1S/C14H26N2O2/c1-14(2)5-3-4-12(10-14)15-11-13(17)16-6-8-18-9-7-16/h12,15H,3-11H2,1-2H3. The topological polar surface area (TPSA) is 41.6 Å². The summed E-state index contributed by atoms with van der Waals surface area (Å²) in [5.74, 6) is 0.224. The number of carbonyl (C=O) groups is 1. The third-order valence-corrected chi connectivity index (χ3v) is 4.11. The molecule has 104 valence electrons. The van der Waals surface area contributed by atoms with Crippen molar-refractivity contribution in [3.8, 4) is 0 Å². The monoisotopic (exact) mass is 254 g/mol. The van der Waals surface area contributed by atoms with Crippen LogP contribution in [0.3, 0.4) is 0 Å². The molecule has 1 saturated carbocycles. The fourth-order valence-electron chi connectivity index (χ4n) is 3.03. The van der Waals surface area contributed by atoms with Gasteiger partial charge >= 0.3 is 0 Å². The molecule has 1 saturated heterocycles. The molecule has 1 heterocycles. The fourth-order valence-corrected chi connectivity index (χ4v) is 3.03. The Kier molecular flexibility index (Phi) is 4.62. The minimum absolute atomic E-state index is 0.224. The normalized spacial score (nSPS) is 28.1. The van der Waals surface area contributed by atoms with Crippen LogP contribution in [0.1, 0.15) is 39.5 Å². The largest absolute Gasteiger partial charge is 0.378 e. The van der Waals surface area contributed by atoms with Crippen molar-refractivity contribution in [3.63, 3.8) is 0 Å². The van der Waals surface area contributed by atoms with Crippen molar-refractivity contribution in [2.45, 2.75) is 45.6 Å². The summed E-state index contributed by atoms with van der Waals surface area (Å²) in [5.41, 5.74) is 0.429. The van der Waals surface area contributed by atoms with Crippen molar-refractivity contribution in [2.24, 2.45) is 5.41 Å². The van der Waals surface area contributed by atoms with Crippen LogP contribution in [-0.2, 0) is 9.53 Å². The molecular formula is C14H26N2O2. The van der Waals surface area contributed by atoms with Crippen molar-refractivity contribution in [2.75, 3.05) is 32.8 Å². The second-order valence-electron chi connectivity index (χ2n) is 6.33. The molecule has 1 unspecified atom stereocenters. The number of ether oxygens (including phenoxy) is 1. The van der Waals surface area contributed by atoms with E-state index < -0.39 is 0 Å². The number of rotatable bonds is 3. The van der Waals surface area contributed by atoms with Crippen molar-refractivity contribution < 1.29 is 9.53 Å². The number of carbonyl (C=O) groups excluding carboxylic acids is 1. The molecule has 0 radical (unpaired) electrons. The molecule has 1 amide bonds. The van der Waals surface area contributed by atoms with Gasteiger partial charge in [-0.25, -0.2) is 0 Å². The summed E-state index contributed by atoms with van der Waals surface area (Å²) in [5, 5.41) is 3.44. The summed E-state index contributed by atoms with van der Waals surface area (Å²) < 4.78 is 5.26.